The Bertz CT molecular complexity index is 438. The highest BCUT2D eigenvalue weighted by atomic mass is 32.1. The number of hydrogen-bond acceptors (Lipinski definition) is 6. The van der Waals surface area contributed by atoms with Crippen molar-refractivity contribution in [1.29, 1.82) is 0 Å². The van der Waals surface area contributed by atoms with Gasteiger partial charge in [0.2, 0.25) is 5.89 Å². The van der Waals surface area contributed by atoms with E-state index in [1.54, 1.807) is 5.51 Å². The van der Waals surface area contributed by atoms with Gasteiger partial charge in [0.25, 0.3) is 5.89 Å². The molecule has 0 saturated heterocycles. The minimum absolute atomic E-state index is 0.512. The van der Waals surface area contributed by atoms with Crippen molar-refractivity contribution < 1.29 is 4.42 Å². The van der Waals surface area contributed by atoms with Gasteiger partial charge in [-0.2, -0.15) is 0 Å². The molecule has 0 radical (unpaired) electrons. The van der Waals surface area contributed by atoms with Crippen LogP contribution < -0.4 is 5.32 Å². The summed E-state index contributed by atoms with van der Waals surface area (Å²) >= 11 is 1.52. The van der Waals surface area contributed by atoms with Crippen LogP contribution in [0.25, 0.3) is 11.6 Å². The molecule has 5 nitrogen and oxygen atoms in total. The fraction of sp³-hybridized carbons (Fsp3) is 0.545. The normalized spacial score (nSPS) is 11.2. The minimum Gasteiger partial charge on any atom is -0.419 e. The monoisotopic (exact) mass is 252 g/mol. The smallest absolute Gasteiger partial charge is 0.267 e. The van der Waals surface area contributed by atoms with E-state index in [1.807, 2.05) is 5.38 Å². The topological polar surface area (TPSA) is 63.8 Å². The van der Waals surface area contributed by atoms with Crippen molar-refractivity contribution in [2.75, 3.05) is 6.54 Å². The van der Waals surface area contributed by atoms with Gasteiger partial charge in [0.15, 0.2) is 0 Å². The van der Waals surface area contributed by atoms with Gasteiger partial charge in [0.05, 0.1) is 5.51 Å². The largest absolute Gasteiger partial charge is 0.419 e. The van der Waals surface area contributed by atoms with Crippen LogP contribution in [0.4, 0.5) is 0 Å². The lowest BCUT2D eigenvalue weighted by Crippen LogP contribution is -2.23. The molecule has 2 aromatic heterocycles. The summed E-state index contributed by atoms with van der Waals surface area (Å²) in [6.07, 6.45) is 1.80. The van der Waals surface area contributed by atoms with Crippen molar-refractivity contribution in [3.8, 4) is 11.6 Å². The zero-order valence-corrected chi connectivity index (χ0v) is 10.8. The summed E-state index contributed by atoms with van der Waals surface area (Å²) in [6.45, 7) is 5.23. The zero-order valence-electron chi connectivity index (χ0n) is 10.0. The van der Waals surface area contributed by atoms with E-state index >= 15 is 0 Å². The number of rotatable bonds is 6. The molecule has 1 N–H and O–H groups in total. The van der Waals surface area contributed by atoms with Crippen LogP contribution in [-0.4, -0.2) is 27.8 Å². The summed E-state index contributed by atoms with van der Waals surface area (Å²) < 4.78 is 5.53. The number of thiazole rings is 1. The Morgan fingerprint density at radius 2 is 2.29 bits per heavy atom. The summed E-state index contributed by atoms with van der Waals surface area (Å²) in [5, 5.41) is 13.2. The van der Waals surface area contributed by atoms with Crippen molar-refractivity contribution in [1.82, 2.24) is 20.5 Å². The molecule has 0 aromatic carbocycles. The third kappa shape index (κ3) is 3.61. The first-order valence-electron chi connectivity index (χ1n) is 5.70. The van der Waals surface area contributed by atoms with Gasteiger partial charge in [-0.1, -0.05) is 13.8 Å². The van der Waals surface area contributed by atoms with E-state index in [4.69, 9.17) is 4.42 Å². The van der Waals surface area contributed by atoms with E-state index in [0.717, 1.165) is 25.1 Å². The van der Waals surface area contributed by atoms with Gasteiger partial charge >= 0.3 is 0 Å². The highest BCUT2D eigenvalue weighted by Gasteiger charge is 2.09. The Morgan fingerprint density at radius 3 is 3.00 bits per heavy atom. The van der Waals surface area contributed by atoms with Gasteiger partial charge in [-0.3, -0.25) is 0 Å². The number of nitrogens with zero attached hydrogens (tertiary/aromatic N) is 3. The molecule has 6 heteroatoms. The number of hydrogen-bond donors (Lipinski definition) is 1. The molecule has 92 valence electrons. The average Bonchev–Trinajstić information content (AvgIpc) is 2.94. The van der Waals surface area contributed by atoms with Crippen molar-refractivity contribution in [2.24, 2.45) is 0 Å². The predicted octanol–water partition coefficient (Wildman–Crippen LogP) is 2.12. The van der Waals surface area contributed by atoms with Gasteiger partial charge in [0, 0.05) is 17.8 Å². The first-order valence-corrected chi connectivity index (χ1v) is 6.64. The molecular weight excluding hydrogens is 236 g/mol. The SMILES string of the molecule is CC(C)NCCCc1nnc(-c2cscn2)o1. The molecule has 17 heavy (non-hydrogen) atoms. The third-order valence-electron chi connectivity index (χ3n) is 2.24. The lowest BCUT2D eigenvalue weighted by Gasteiger charge is -2.05. The van der Waals surface area contributed by atoms with Gasteiger partial charge in [0.1, 0.15) is 5.69 Å². The molecule has 0 aliphatic rings. The molecule has 0 amide bonds. The lowest BCUT2D eigenvalue weighted by atomic mass is 10.3. The van der Waals surface area contributed by atoms with Crippen molar-refractivity contribution >= 4 is 11.3 Å². The van der Waals surface area contributed by atoms with E-state index in [1.165, 1.54) is 11.3 Å². The minimum atomic E-state index is 0.512. The second kappa shape index (κ2) is 5.88. The summed E-state index contributed by atoms with van der Waals surface area (Å²) in [5.74, 6) is 1.19. The molecule has 0 aliphatic carbocycles. The number of nitrogens with one attached hydrogen (secondary N) is 1. The van der Waals surface area contributed by atoms with E-state index < -0.39 is 0 Å². The van der Waals surface area contributed by atoms with Crippen LogP contribution in [0.3, 0.4) is 0 Å². The first-order chi connectivity index (χ1) is 8.25. The Morgan fingerprint density at radius 1 is 1.41 bits per heavy atom. The standard InChI is InChI=1S/C11H16N4OS/c1-8(2)12-5-3-4-10-14-15-11(16-10)9-6-17-7-13-9/h6-8,12H,3-5H2,1-2H3. The second-order valence-corrected chi connectivity index (χ2v) is 4.81. The van der Waals surface area contributed by atoms with Crippen LogP contribution in [0.2, 0.25) is 0 Å². The molecular formula is C11H16N4OS. The van der Waals surface area contributed by atoms with Gasteiger partial charge in [-0.25, -0.2) is 4.98 Å². The zero-order chi connectivity index (χ0) is 12.1. The average molecular weight is 252 g/mol. The van der Waals surface area contributed by atoms with E-state index in [9.17, 15) is 0 Å². The molecule has 0 fully saturated rings. The van der Waals surface area contributed by atoms with Gasteiger partial charge < -0.3 is 9.73 Å². The Kier molecular flexibility index (Phi) is 4.22. The summed E-state index contributed by atoms with van der Waals surface area (Å²) in [6, 6.07) is 0.517. The molecule has 0 atom stereocenters. The maximum Gasteiger partial charge on any atom is 0.267 e. The maximum absolute atomic E-state index is 5.53. The van der Waals surface area contributed by atoms with Gasteiger partial charge in [-0.15, -0.1) is 21.5 Å². The van der Waals surface area contributed by atoms with Crippen molar-refractivity contribution in [3.63, 3.8) is 0 Å². The second-order valence-electron chi connectivity index (χ2n) is 4.09. The Balaban J connectivity index is 1.83. The number of aromatic nitrogens is 3. The van der Waals surface area contributed by atoms with Crippen LogP contribution in [0, 0.1) is 0 Å². The summed E-state index contributed by atoms with van der Waals surface area (Å²) in [4.78, 5) is 4.13. The van der Waals surface area contributed by atoms with Crippen molar-refractivity contribution in [2.45, 2.75) is 32.7 Å². The van der Waals surface area contributed by atoms with E-state index in [2.05, 4.69) is 34.3 Å². The summed E-state index contributed by atoms with van der Waals surface area (Å²) in [7, 11) is 0. The molecule has 0 bridgehead atoms. The van der Waals surface area contributed by atoms with E-state index in [0.29, 0.717) is 17.8 Å². The van der Waals surface area contributed by atoms with Gasteiger partial charge in [-0.05, 0) is 13.0 Å². The highest BCUT2D eigenvalue weighted by Crippen LogP contribution is 2.17. The van der Waals surface area contributed by atoms with E-state index in [-0.39, 0.29) is 0 Å². The molecule has 0 aliphatic heterocycles. The van der Waals surface area contributed by atoms with Crippen LogP contribution in [0.15, 0.2) is 15.3 Å². The maximum atomic E-state index is 5.53. The van der Waals surface area contributed by atoms with Crippen LogP contribution in [0.5, 0.6) is 0 Å². The first kappa shape index (κ1) is 12.2. The summed E-state index contributed by atoms with van der Waals surface area (Å²) in [5.41, 5.74) is 2.51. The fourth-order valence-corrected chi connectivity index (χ4v) is 1.93. The Hall–Kier alpha value is -1.27. The Labute approximate surface area is 104 Å². The van der Waals surface area contributed by atoms with Crippen LogP contribution in [-0.2, 0) is 6.42 Å². The quantitative estimate of drug-likeness (QED) is 0.798. The van der Waals surface area contributed by atoms with Crippen LogP contribution in [0.1, 0.15) is 26.2 Å². The molecule has 0 unspecified atom stereocenters. The third-order valence-corrected chi connectivity index (χ3v) is 2.82. The molecule has 2 rings (SSSR count). The lowest BCUT2D eigenvalue weighted by molar-refractivity contribution is 0.483. The van der Waals surface area contributed by atoms with Crippen LogP contribution >= 0.6 is 11.3 Å². The molecule has 0 saturated carbocycles. The van der Waals surface area contributed by atoms with Crippen molar-refractivity contribution in [3.05, 3.63) is 16.8 Å². The fourth-order valence-electron chi connectivity index (χ4n) is 1.41. The highest BCUT2D eigenvalue weighted by molar-refractivity contribution is 7.07. The molecule has 2 heterocycles. The number of aryl methyl sites for hydroxylation is 1. The predicted molar refractivity (Wildman–Crippen MR) is 66.9 cm³/mol. The molecule has 0 spiro atoms. The molecule has 2 aromatic rings.